The van der Waals surface area contributed by atoms with Crippen LogP contribution in [0.1, 0.15) is 77.0 Å². The van der Waals surface area contributed by atoms with Crippen molar-refractivity contribution in [1.29, 1.82) is 0 Å². The van der Waals surface area contributed by atoms with Gasteiger partial charge in [-0.3, -0.25) is 9.59 Å². The lowest BCUT2D eigenvalue weighted by molar-refractivity contribution is -0.132. The molecule has 5 nitrogen and oxygen atoms in total. The Bertz CT molecular complexity index is 1040. The van der Waals surface area contributed by atoms with E-state index in [-0.39, 0.29) is 17.9 Å². The molecule has 202 valence electrons. The minimum atomic E-state index is -0.777. The average Bonchev–Trinajstić information content (AvgIpc) is 2.91. The molecule has 2 aromatic carbocycles. The van der Waals surface area contributed by atoms with Gasteiger partial charge in [-0.2, -0.15) is 0 Å². The zero-order valence-electron chi connectivity index (χ0n) is 22.6. The first kappa shape index (κ1) is 29.5. The maximum Gasteiger partial charge on any atom is 0.230 e. The molecule has 3 rings (SSSR count). The lowest BCUT2D eigenvalue weighted by atomic mass is 9.77. The summed E-state index contributed by atoms with van der Waals surface area (Å²) in [5.74, 6) is 0.148. The van der Waals surface area contributed by atoms with Crippen molar-refractivity contribution < 1.29 is 9.59 Å². The predicted octanol–water partition coefficient (Wildman–Crippen LogP) is 6.63. The Morgan fingerprint density at radius 3 is 2.32 bits per heavy atom. The van der Waals surface area contributed by atoms with Gasteiger partial charge in [0.25, 0.3) is 0 Å². The zero-order chi connectivity index (χ0) is 27.0. The molecule has 1 saturated heterocycles. The third-order valence-corrected chi connectivity index (χ3v) is 8.51. The van der Waals surface area contributed by atoms with Crippen molar-refractivity contribution in [1.82, 2.24) is 15.1 Å². The summed E-state index contributed by atoms with van der Waals surface area (Å²) in [6.45, 7) is 11.3. The highest BCUT2D eigenvalue weighted by molar-refractivity contribution is 6.42. The highest BCUT2D eigenvalue weighted by Gasteiger charge is 2.37. The molecule has 0 spiro atoms. The second-order valence-electron chi connectivity index (χ2n) is 10.3. The summed E-state index contributed by atoms with van der Waals surface area (Å²) in [5, 5.41) is 4.25. The van der Waals surface area contributed by atoms with Crippen molar-refractivity contribution in [3.05, 3.63) is 69.7 Å². The molecule has 7 heteroatoms. The lowest BCUT2D eigenvalue weighted by Crippen LogP contribution is -2.49. The van der Waals surface area contributed by atoms with Crippen LogP contribution in [0.25, 0.3) is 0 Å². The molecule has 0 bridgehead atoms. The third-order valence-electron chi connectivity index (χ3n) is 7.77. The number of likely N-dealkylation sites (tertiary alicyclic amines) is 1. The van der Waals surface area contributed by atoms with Crippen LogP contribution in [0.15, 0.2) is 48.5 Å². The van der Waals surface area contributed by atoms with Gasteiger partial charge in [-0.05, 0) is 68.8 Å². The summed E-state index contributed by atoms with van der Waals surface area (Å²) in [4.78, 5) is 30.5. The molecule has 2 aromatic rings. The Balaban J connectivity index is 1.75. The monoisotopic (exact) mass is 545 g/mol. The van der Waals surface area contributed by atoms with Crippen LogP contribution < -0.4 is 5.32 Å². The first-order valence-corrected chi connectivity index (χ1v) is 14.3. The highest BCUT2D eigenvalue weighted by Crippen LogP contribution is 2.34. The van der Waals surface area contributed by atoms with E-state index in [9.17, 15) is 9.59 Å². The fourth-order valence-corrected chi connectivity index (χ4v) is 5.62. The molecule has 1 N–H and O–H groups in total. The molecular formula is C30H41Cl2N3O2. The predicted molar refractivity (Wildman–Crippen MR) is 153 cm³/mol. The normalized spacial score (nSPS) is 17.1. The second kappa shape index (κ2) is 13.6. The third kappa shape index (κ3) is 7.49. The number of benzene rings is 2. The topological polar surface area (TPSA) is 52.7 Å². The largest absolute Gasteiger partial charge is 0.349 e. The second-order valence-corrected chi connectivity index (χ2v) is 11.2. The molecule has 0 radical (unpaired) electrons. The summed E-state index contributed by atoms with van der Waals surface area (Å²) in [6, 6.07) is 15.8. The van der Waals surface area contributed by atoms with E-state index in [0.717, 1.165) is 63.0 Å². The van der Waals surface area contributed by atoms with Crippen molar-refractivity contribution in [3.8, 4) is 0 Å². The van der Waals surface area contributed by atoms with E-state index in [1.165, 1.54) is 0 Å². The van der Waals surface area contributed by atoms with Crippen LogP contribution in [-0.2, 0) is 15.0 Å². The quantitative estimate of drug-likeness (QED) is 0.344. The molecule has 1 aliphatic heterocycles. The van der Waals surface area contributed by atoms with Crippen molar-refractivity contribution in [3.63, 3.8) is 0 Å². The van der Waals surface area contributed by atoms with Crippen LogP contribution in [0, 0.1) is 0 Å². The van der Waals surface area contributed by atoms with Gasteiger partial charge in [0.15, 0.2) is 0 Å². The van der Waals surface area contributed by atoms with Gasteiger partial charge in [-0.1, -0.05) is 73.4 Å². The summed E-state index contributed by atoms with van der Waals surface area (Å²) >= 11 is 12.6. The van der Waals surface area contributed by atoms with Crippen LogP contribution in [0.3, 0.4) is 0 Å². The van der Waals surface area contributed by atoms with Crippen molar-refractivity contribution in [2.75, 3.05) is 26.2 Å². The van der Waals surface area contributed by atoms with Gasteiger partial charge in [0.05, 0.1) is 21.5 Å². The van der Waals surface area contributed by atoms with Crippen LogP contribution in [0.2, 0.25) is 10.0 Å². The van der Waals surface area contributed by atoms with Gasteiger partial charge >= 0.3 is 0 Å². The maximum absolute atomic E-state index is 13.9. The molecular weight excluding hydrogens is 505 g/mol. The Labute approximate surface area is 232 Å². The number of hydrogen-bond acceptors (Lipinski definition) is 3. The number of piperidine rings is 1. The summed E-state index contributed by atoms with van der Waals surface area (Å²) in [6.07, 6.45) is 4.34. The minimum Gasteiger partial charge on any atom is -0.349 e. The van der Waals surface area contributed by atoms with Crippen LogP contribution >= 0.6 is 23.2 Å². The molecule has 1 aliphatic rings. The first-order chi connectivity index (χ1) is 17.7. The van der Waals surface area contributed by atoms with Crippen molar-refractivity contribution in [2.45, 2.75) is 77.3 Å². The van der Waals surface area contributed by atoms with Gasteiger partial charge < -0.3 is 15.1 Å². The van der Waals surface area contributed by atoms with Crippen molar-refractivity contribution in [2.24, 2.45) is 0 Å². The lowest BCUT2D eigenvalue weighted by Gasteiger charge is -2.39. The Kier molecular flexibility index (Phi) is 10.9. The molecule has 1 heterocycles. The molecule has 0 saturated carbocycles. The Hall–Kier alpha value is -2.08. The molecule has 1 unspecified atom stereocenters. The molecule has 2 amide bonds. The summed E-state index contributed by atoms with van der Waals surface area (Å²) in [5.41, 5.74) is 1.18. The highest BCUT2D eigenvalue weighted by atomic mass is 35.5. The number of carbonyl (C=O) groups is 2. The first-order valence-electron chi connectivity index (χ1n) is 13.5. The van der Waals surface area contributed by atoms with Crippen LogP contribution in [-0.4, -0.2) is 53.8 Å². The molecule has 2 atom stereocenters. The fraction of sp³-hybridized carbons (Fsp3) is 0.533. The van der Waals surface area contributed by atoms with Gasteiger partial charge in [0.1, 0.15) is 0 Å². The van der Waals surface area contributed by atoms with E-state index >= 15 is 0 Å². The van der Waals surface area contributed by atoms with E-state index in [2.05, 4.69) is 36.2 Å². The molecule has 1 fully saturated rings. The standard InChI is InChI=1S/C30H41Cl2N3O2/c1-5-17-35(22(3)36)25-14-18-34(19-15-25)20-16-30(4,24-12-13-26(31)27(32)21-24)29(37)33-28(6-2)23-10-8-7-9-11-23/h7-13,21,25,28H,5-6,14-20H2,1-4H3,(H,33,37)/t28-,30?/m0/s1. The van der Waals surface area contributed by atoms with E-state index in [4.69, 9.17) is 23.2 Å². The van der Waals surface area contributed by atoms with E-state index in [0.29, 0.717) is 22.5 Å². The number of hydrogen-bond donors (Lipinski definition) is 1. The number of rotatable bonds is 11. The smallest absolute Gasteiger partial charge is 0.230 e. The summed E-state index contributed by atoms with van der Waals surface area (Å²) < 4.78 is 0. The SMILES string of the molecule is CCCN(C(C)=O)C1CCN(CCC(C)(C(=O)N[C@@H](CC)c2ccccc2)c2ccc(Cl)c(Cl)c2)CC1. The Morgan fingerprint density at radius 1 is 1.08 bits per heavy atom. The fourth-order valence-electron chi connectivity index (χ4n) is 5.33. The van der Waals surface area contributed by atoms with Crippen molar-refractivity contribution >= 4 is 35.0 Å². The zero-order valence-corrected chi connectivity index (χ0v) is 24.1. The number of amides is 2. The summed E-state index contributed by atoms with van der Waals surface area (Å²) in [7, 11) is 0. The van der Waals surface area contributed by atoms with E-state index in [1.54, 1.807) is 13.0 Å². The molecule has 0 aliphatic carbocycles. The minimum absolute atomic E-state index is 0.0119. The number of halogens is 2. The van der Waals surface area contributed by atoms with Gasteiger partial charge in [0, 0.05) is 32.6 Å². The average molecular weight is 547 g/mol. The number of nitrogens with zero attached hydrogens (tertiary/aromatic N) is 2. The number of nitrogens with one attached hydrogen (secondary N) is 1. The van der Waals surface area contributed by atoms with Gasteiger partial charge in [-0.25, -0.2) is 0 Å². The molecule has 0 aromatic heterocycles. The molecule has 37 heavy (non-hydrogen) atoms. The maximum atomic E-state index is 13.9. The number of carbonyl (C=O) groups excluding carboxylic acids is 2. The van der Waals surface area contributed by atoms with Crippen LogP contribution in [0.5, 0.6) is 0 Å². The van der Waals surface area contributed by atoms with Gasteiger partial charge in [-0.15, -0.1) is 0 Å². The van der Waals surface area contributed by atoms with E-state index in [1.807, 2.05) is 42.2 Å². The van der Waals surface area contributed by atoms with Gasteiger partial charge in [0.2, 0.25) is 11.8 Å². The van der Waals surface area contributed by atoms with Crippen LogP contribution in [0.4, 0.5) is 0 Å². The Morgan fingerprint density at radius 2 is 1.76 bits per heavy atom. The van der Waals surface area contributed by atoms with E-state index < -0.39 is 5.41 Å².